The molecule has 0 saturated carbocycles. The molecule has 0 fully saturated rings. The van der Waals surface area contributed by atoms with Crippen molar-refractivity contribution in [2.24, 2.45) is 0 Å². The normalized spacial score (nSPS) is 11.9. The fourth-order valence-electron chi connectivity index (χ4n) is 2.34. The van der Waals surface area contributed by atoms with E-state index in [2.05, 4.69) is 10.3 Å². The van der Waals surface area contributed by atoms with Gasteiger partial charge in [0.1, 0.15) is 15.6 Å². The van der Waals surface area contributed by atoms with E-state index in [0.29, 0.717) is 13.1 Å². The van der Waals surface area contributed by atoms with Gasteiger partial charge in [-0.25, -0.2) is 8.42 Å². The Hall–Kier alpha value is -2.18. The summed E-state index contributed by atoms with van der Waals surface area (Å²) in [5.41, 5.74) is 2.93. The maximum Gasteiger partial charge on any atom is 0.148 e. The number of rotatable bonds is 6. The number of pyridine rings is 1. The summed E-state index contributed by atoms with van der Waals surface area (Å²) in [4.78, 5) is 4.30. The van der Waals surface area contributed by atoms with E-state index in [1.807, 2.05) is 36.4 Å². The zero-order chi connectivity index (χ0) is 16.3. The molecule has 2 heterocycles. The highest BCUT2D eigenvalue weighted by Gasteiger charge is 2.07. The molecule has 6 heteroatoms. The summed E-state index contributed by atoms with van der Waals surface area (Å²) in [6.07, 6.45) is 4.70. The number of hydrogen-bond acceptors (Lipinski definition) is 5. The predicted octanol–water partition coefficient (Wildman–Crippen LogP) is 2.63. The Labute approximate surface area is 135 Å². The number of aromatic nitrogens is 1. The number of benzene rings is 1. The molecule has 0 spiro atoms. The Balaban J connectivity index is 1.68. The minimum absolute atomic E-state index is 0.134. The van der Waals surface area contributed by atoms with Crippen LogP contribution in [0, 0.1) is 0 Å². The first-order valence-electron chi connectivity index (χ1n) is 7.32. The lowest BCUT2D eigenvalue weighted by atomic mass is 10.1. The second-order valence-electron chi connectivity index (χ2n) is 5.54. The van der Waals surface area contributed by atoms with Crippen molar-refractivity contribution in [3.63, 3.8) is 0 Å². The van der Waals surface area contributed by atoms with E-state index in [4.69, 9.17) is 4.42 Å². The molecule has 120 valence electrons. The first-order valence-corrected chi connectivity index (χ1v) is 9.38. The van der Waals surface area contributed by atoms with Gasteiger partial charge in [-0.3, -0.25) is 4.98 Å². The molecule has 5 nitrogen and oxygen atoms in total. The largest absolute Gasteiger partial charge is 0.464 e. The summed E-state index contributed by atoms with van der Waals surface area (Å²) in [7, 11) is -2.93. The summed E-state index contributed by atoms with van der Waals surface area (Å²) in [5.74, 6) is 0.922. The molecule has 0 amide bonds. The van der Waals surface area contributed by atoms with Crippen molar-refractivity contribution in [3.05, 3.63) is 54.4 Å². The maximum atomic E-state index is 11.1. The lowest BCUT2D eigenvalue weighted by molar-refractivity contribution is 0.574. The van der Waals surface area contributed by atoms with Crippen LogP contribution >= 0.6 is 0 Å². The van der Waals surface area contributed by atoms with Gasteiger partial charge in [-0.05, 0) is 30.3 Å². The average Bonchev–Trinajstić information content (AvgIpc) is 2.99. The van der Waals surface area contributed by atoms with Crippen LogP contribution in [-0.4, -0.2) is 32.0 Å². The van der Waals surface area contributed by atoms with Gasteiger partial charge in [0.25, 0.3) is 0 Å². The SMILES string of the molecule is CS(=O)(=O)CCNCc1coc(-c2ccc3ncccc3c2)c1. The van der Waals surface area contributed by atoms with Crippen LogP contribution in [0.1, 0.15) is 5.56 Å². The summed E-state index contributed by atoms with van der Waals surface area (Å²) in [6.45, 7) is 1.01. The standard InChI is InChI=1S/C17H18N2O3S/c1-23(20,21)8-7-18-11-13-9-17(22-12-13)15-4-5-16-14(10-15)3-2-6-19-16/h2-6,9-10,12,18H,7-8,11H2,1H3. The van der Waals surface area contributed by atoms with Crippen LogP contribution in [0.25, 0.3) is 22.2 Å². The maximum absolute atomic E-state index is 11.1. The summed E-state index contributed by atoms with van der Waals surface area (Å²) >= 11 is 0. The second kappa shape index (κ2) is 6.52. The van der Waals surface area contributed by atoms with Gasteiger partial charge in [0, 0.05) is 42.1 Å². The quantitative estimate of drug-likeness (QED) is 0.704. The van der Waals surface area contributed by atoms with E-state index in [0.717, 1.165) is 27.8 Å². The van der Waals surface area contributed by atoms with Gasteiger partial charge in [0.05, 0.1) is 17.5 Å². The van der Waals surface area contributed by atoms with Crippen molar-refractivity contribution >= 4 is 20.7 Å². The van der Waals surface area contributed by atoms with E-state index in [1.54, 1.807) is 12.5 Å². The number of sulfone groups is 1. The van der Waals surface area contributed by atoms with Crippen molar-refractivity contribution in [3.8, 4) is 11.3 Å². The first-order chi connectivity index (χ1) is 11.0. The van der Waals surface area contributed by atoms with Crippen LogP contribution in [0.3, 0.4) is 0 Å². The highest BCUT2D eigenvalue weighted by Crippen LogP contribution is 2.25. The molecular formula is C17H18N2O3S. The molecule has 0 bridgehead atoms. The van der Waals surface area contributed by atoms with Gasteiger partial charge >= 0.3 is 0 Å². The Morgan fingerprint density at radius 1 is 1.22 bits per heavy atom. The van der Waals surface area contributed by atoms with Crippen molar-refractivity contribution in [2.75, 3.05) is 18.6 Å². The molecule has 1 N–H and O–H groups in total. The van der Waals surface area contributed by atoms with Gasteiger partial charge in [0.15, 0.2) is 0 Å². The van der Waals surface area contributed by atoms with Crippen LogP contribution in [0.5, 0.6) is 0 Å². The minimum atomic E-state index is -2.93. The van der Waals surface area contributed by atoms with Crippen molar-refractivity contribution in [1.82, 2.24) is 10.3 Å². The molecule has 0 aliphatic heterocycles. The fraction of sp³-hybridized carbons (Fsp3) is 0.235. The summed E-state index contributed by atoms with van der Waals surface area (Å²) in [6, 6.07) is 11.9. The lowest BCUT2D eigenvalue weighted by Gasteiger charge is -2.01. The predicted molar refractivity (Wildman–Crippen MR) is 90.9 cm³/mol. The Morgan fingerprint density at radius 2 is 2.09 bits per heavy atom. The number of fused-ring (bicyclic) bond motifs is 1. The highest BCUT2D eigenvalue weighted by molar-refractivity contribution is 7.90. The first kappa shape index (κ1) is 15.7. The van der Waals surface area contributed by atoms with Gasteiger partial charge in [-0.15, -0.1) is 0 Å². The lowest BCUT2D eigenvalue weighted by Crippen LogP contribution is -2.21. The topological polar surface area (TPSA) is 72.2 Å². The van der Waals surface area contributed by atoms with Crippen LogP contribution in [0.2, 0.25) is 0 Å². The third kappa shape index (κ3) is 4.18. The molecule has 0 unspecified atom stereocenters. The monoisotopic (exact) mass is 330 g/mol. The second-order valence-corrected chi connectivity index (χ2v) is 7.80. The van der Waals surface area contributed by atoms with E-state index in [1.165, 1.54) is 6.26 Å². The van der Waals surface area contributed by atoms with E-state index in [9.17, 15) is 8.42 Å². The highest BCUT2D eigenvalue weighted by atomic mass is 32.2. The van der Waals surface area contributed by atoms with Crippen LogP contribution < -0.4 is 5.32 Å². The molecule has 3 aromatic rings. The molecular weight excluding hydrogens is 312 g/mol. The molecule has 0 aliphatic carbocycles. The third-order valence-electron chi connectivity index (χ3n) is 3.52. The van der Waals surface area contributed by atoms with Crippen molar-refractivity contribution in [1.29, 1.82) is 0 Å². The van der Waals surface area contributed by atoms with E-state index < -0.39 is 9.84 Å². The van der Waals surface area contributed by atoms with Crippen molar-refractivity contribution in [2.45, 2.75) is 6.54 Å². The van der Waals surface area contributed by atoms with E-state index in [-0.39, 0.29) is 5.75 Å². The molecule has 2 aromatic heterocycles. The van der Waals surface area contributed by atoms with Gasteiger partial charge in [-0.2, -0.15) is 0 Å². The number of nitrogens with one attached hydrogen (secondary N) is 1. The summed E-state index contributed by atoms with van der Waals surface area (Å²) in [5, 5.41) is 4.17. The Kier molecular flexibility index (Phi) is 4.45. The molecule has 0 aliphatic rings. The number of furan rings is 1. The zero-order valence-electron chi connectivity index (χ0n) is 12.8. The fourth-order valence-corrected chi connectivity index (χ4v) is 2.85. The average molecular weight is 330 g/mol. The molecule has 3 rings (SSSR count). The van der Waals surface area contributed by atoms with Crippen LogP contribution in [-0.2, 0) is 16.4 Å². The van der Waals surface area contributed by atoms with Gasteiger partial charge in [0.2, 0.25) is 0 Å². The van der Waals surface area contributed by atoms with Crippen LogP contribution in [0.15, 0.2) is 53.3 Å². The Bertz CT molecular complexity index is 916. The Morgan fingerprint density at radius 3 is 2.91 bits per heavy atom. The molecule has 0 atom stereocenters. The number of hydrogen-bond donors (Lipinski definition) is 1. The van der Waals surface area contributed by atoms with Gasteiger partial charge < -0.3 is 9.73 Å². The van der Waals surface area contributed by atoms with E-state index >= 15 is 0 Å². The molecule has 0 radical (unpaired) electrons. The summed E-state index contributed by atoms with van der Waals surface area (Å²) < 4.78 is 27.8. The number of nitrogens with zero attached hydrogens (tertiary/aromatic N) is 1. The molecule has 23 heavy (non-hydrogen) atoms. The van der Waals surface area contributed by atoms with Gasteiger partial charge in [-0.1, -0.05) is 6.07 Å². The smallest absolute Gasteiger partial charge is 0.148 e. The minimum Gasteiger partial charge on any atom is -0.464 e. The third-order valence-corrected chi connectivity index (χ3v) is 4.47. The molecule has 0 saturated heterocycles. The molecule has 1 aromatic carbocycles. The zero-order valence-corrected chi connectivity index (χ0v) is 13.6. The van der Waals surface area contributed by atoms with Crippen molar-refractivity contribution < 1.29 is 12.8 Å². The van der Waals surface area contributed by atoms with Crippen LogP contribution in [0.4, 0.5) is 0 Å².